The number of benzene rings is 1. The van der Waals surface area contributed by atoms with Gasteiger partial charge >= 0.3 is 0 Å². The third-order valence-corrected chi connectivity index (χ3v) is 1.91. The monoisotopic (exact) mass is 189 g/mol. The second kappa shape index (κ2) is 3.96. The number of para-hydroxylation sites is 1. The van der Waals surface area contributed by atoms with E-state index in [-0.39, 0.29) is 6.10 Å². The molecule has 0 saturated carbocycles. The normalized spacial score (nSPS) is 12.4. The van der Waals surface area contributed by atoms with Gasteiger partial charge in [-0.1, -0.05) is 23.4 Å². The zero-order valence-electron chi connectivity index (χ0n) is 7.88. The van der Waals surface area contributed by atoms with Gasteiger partial charge in [0.15, 0.2) is 11.9 Å². The molecule has 3 heteroatoms. The molecule has 0 aliphatic heterocycles. The fourth-order valence-electron chi connectivity index (χ4n) is 1.20. The first-order valence-corrected chi connectivity index (χ1v) is 4.48. The zero-order chi connectivity index (χ0) is 9.80. The van der Waals surface area contributed by atoms with Crippen molar-refractivity contribution < 1.29 is 9.26 Å². The van der Waals surface area contributed by atoms with Crippen molar-refractivity contribution in [2.75, 3.05) is 0 Å². The highest BCUT2D eigenvalue weighted by Crippen LogP contribution is 2.20. The Labute approximate surface area is 82.3 Å². The maximum Gasteiger partial charge on any atom is 0.176 e. The predicted molar refractivity (Wildman–Crippen MR) is 52.0 cm³/mol. The van der Waals surface area contributed by atoms with Crippen molar-refractivity contribution in [2.24, 2.45) is 0 Å². The molecule has 0 radical (unpaired) electrons. The van der Waals surface area contributed by atoms with Crippen LogP contribution in [0.15, 0.2) is 47.1 Å². The SMILES string of the molecule is CC(Oc1ccccc1)c1ccno1. The van der Waals surface area contributed by atoms with Gasteiger partial charge in [0.1, 0.15) is 5.75 Å². The van der Waals surface area contributed by atoms with E-state index >= 15 is 0 Å². The number of rotatable bonds is 3. The molecule has 0 saturated heterocycles. The van der Waals surface area contributed by atoms with E-state index in [2.05, 4.69) is 5.16 Å². The van der Waals surface area contributed by atoms with E-state index < -0.39 is 0 Å². The lowest BCUT2D eigenvalue weighted by Crippen LogP contribution is -2.01. The second-order valence-corrected chi connectivity index (χ2v) is 2.99. The Balaban J connectivity index is 2.06. The van der Waals surface area contributed by atoms with Crippen molar-refractivity contribution in [3.8, 4) is 5.75 Å². The summed E-state index contributed by atoms with van der Waals surface area (Å²) in [4.78, 5) is 0. The first kappa shape index (κ1) is 8.81. The van der Waals surface area contributed by atoms with Gasteiger partial charge in [-0.05, 0) is 19.1 Å². The van der Waals surface area contributed by atoms with Crippen LogP contribution in [0.2, 0.25) is 0 Å². The second-order valence-electron chi connectivity index (χ2n) is 2.99. The van der Waals surface area contributed by atoms with Crippen LogP contribution >= 0.6 is 0 Å². The van der Waals surface area contributed by atoms with Crippen LogP contribution in [0.4, 0.5) is 0 Å². The summed E-state index contributed by atoms with van der Waals surface area (Å²) in [6, 6.07) is 11.4. The molecule has 3 nitrogen and oxygen atoms in total. The van der Waals surface area contributed by atoms with Crippen molar-refractivity contribution >= 4 is 0 Å². The van der Waals surface area contributed by atoms with Crippen molar-refractivity contribution in [3.63, 3.8) is 0 Å². The molecule has 1 heterocycles. The van der Waals surface area contributed by atoms with E-state index in [9.17, 15) is 0 Å². The largest absolute Gasteiger partial charge is 0.483 e. The van der Waals surface area contributed by atoms with Gasteiger partial charge in [0.05, 0.1) is 6.20 Å². The van der Waals surface area contributed by atoms with Gasteiger partial charge in [0, 0.05) is 6.07 Å². The highest BCUT2D eigenvalue weighted by Gasteiger charge is 2.10. The van der Waals surface area contributed by atoms with Crippen molar-refractivity contribution in [2.45, 2.75) is 13.0 Å². The Hall–Kier alpha value is -1.77. The molecule has 2 aromatic rings. The molecule has 1 aromatic heterocycles. The van der Waals surface area contributed by atoms with Crippen LogP contribution in [0.1, 0.15) is 18.8 Å². The summed E-state index contributed by atoms with van der Waals surface area (Å²) < 4.78 is 10.6. The third-order valence-electron chi connectivity index (χ3n) is 1.91. The summed E-state index contributed by atoms with van der Waals surface area (Å²) in [5, 5.41) is 3.63. The van der Waals surface area contributed by atoms with Crippen LogP contribution in [-0.4, -0.2) is 5.16 Å². The molecule has 0 N–H and O–H groups in total. The fraction of sp³-hybridized carbons (Fsp3) is 0.182. The molecule has 0 spiro atoms. The minimum absolute atomic E-state index is 0.111. The molecular formula is C11H11NO2. The summed E-state index contributed by atoms with van der Waals surface area (Å²) in [6.07, 6.45) is 1.50. The van der Waals surface area contributed by atoms with Gasteiger partial charge in [-0.15, -0.1) is 0 Å². The highest BCUT2D eigenvalue weighted by atomic mass is 16.5. The summed E-state index contributed by atoms with van der Waals surface area (Å²) in [5.74, 6) is 1.56. The topological polar surface area (TPSA) is 35.3 Å². The summed E-state index contributed by atoms with van der Waals surface area (Å²) >= 11 is 0. The molecule has 0 bridgehead atoms. The molecular weight excluding hydrogens is 178 g/mol. The van der Waals surface area contributed by atoms with Gasteiger partial charge in [-0.25, -0.2) is 0 Å². The third kappa shape index (κ3) is 1.93. The van der Waals surface area contributed by atoms with Gasteiger partial charge in [0.2, 0.25) is 0 Å². The predicted octanol–water partition coefficient (Wildman–Crippen LogP) is 2.81. The van der Waals surface area contributed by atoms with Crippen LogP contribution < -0.4 is 4.74 Å². The Morgan fingerprint density at radius 2 is 2.00 bits per heavy atom. The van der Waals surface area contributed by atoms with Crippen LogP contribution in [0, 0.1) is 0 Å². The maximum atomic E-state index is 5.62. The molecule has 0 aliphatic carbocycles. The standard InChI is InChI=1S/C11H11NO2/c1-9(11-7-8-12-14-11)13-10-5-3-2-4-6-10/h2-9H,1H3. The minimum atomic E-state index is -0.111. The van der Waals surface area contributed by atoms with Crippen LogP contribution in [-0.2, 0) is 0 Å². The van der Waals surface area contributed by atoms with E-state index in [1.165, 1.54) is 0 Å². The van der Waals surface area contributed by atoms with E-state index in [0.29, 0.717) is 0 Å². The van der Waals surface area contributed by atoms with Crippen LogP contribution in [0.3, 0.4) is 0 Å². The Morgan fingerprint density at radius 3 is 2.64 bits per heavy atom. The molecule has 0 amide bonds. The maximum absolute atomic E-state index is 5.62. The minimum Gasteiger partial charge on any atom is -0.483 e. The van der Waals surface area contributed by atoms with Gasteiger partial charge in [0.25, 0.3) is 0 Å². The molecule has 1 aromatic carbocycles. The quantitative estimate of drug-likeness (QED) is 0.744. The van der Waals surface area contributed by atoms with Gasteiger partial charge < -0.3 is 9.26 Å². The first-order chi connectivity index (χ1) is 6.86. The van der Waals surface area contributed by atoms with Crippen molar-refractivity contribution in [1.29, 1.82) is 0 Å². The van der Waals surface area contributed by atoms with Crippen molar-refractivity contribution in [3.05, 3.63) is 48.4 Å². The molecule has 0 fully saturated rings. The molecule has 1 unspecified atom stereocenters. The average molecular weight is 189 g/mol. The molecule has 14 heavy (non-hydrogen) atoms. The summed E-state index contributed by atoms with van der Waals surface area (Å²) in [7, 11) is 0. The van der Waals surface area contributed by atoms with E-state index in [1.807, 2.05) is 37.3 Å². The molecule has 0 aliphatic rings. The first-order valence-electron chi connectivity index (χ1n) is 4.48. The van der Waals surface area contributed by atoms with E-state index in [1.54, 1.807) is 12.3 Å². The Bertz CT molecular complexity index is 369. The molecule has 2 rings (SSSR count). The Morgan fingerprint density at radius 1 is 1.21 bits per heavy atom. The lowest BCUT2D eigenvalue weighted by molar-refractivity contribution is 0.182. The van der Waals surface area contributed by atoms with Crippen molar-refractivity contribution in [1.82, 2.24) is 5.16 Å². The lowest BCUT2D eigenvalue weighted by Gasteiger charge is -2.10. The molecule has 1 atom stereocenters. The summed E-state index contributed by atoms with van der Waals surface area (Å²) in [5.41, 5.74) is 0. The fourth-order valence-corrected chi connectivity index (χ4v) is 1.20. The molecule has 72 valence electrons. The summed E-state index contributed by atoms with van der Waals surface area (Å²) in [6.45, 7) is 1.92. The highest BCUT2D eigenvalue weighted by molar-refractivity contribution is 5.21. The van der Waals surface area contributed by atoms with Crippen LogP contribution in [0.25, 0.3) is 0 Å². The average Bonchev–Trinajstić information content (AvgIpc) is 2.72. The number of hydrogen-bond donors (Lipinski definition) is 0. The zero-order valence-corrected chi connectivity index (χ0v) is 7.88. The Kier molecular flexibility index (Phi) is 2.49. The number of aromatic nitrogens is 1. The lowest BCUT2D eigenvalue weighted by atomic mass is 10.3. The van der Waals surface area contributed by atoms with Gasteiger partial charge in [-0.2, -0.15) is 0 Å². The van der Waals surface area contributed by atoms with E-state index in [0.717, 1.165) is 11.5 Å². The smallest absolute Gasteiger partial charge is 0.176 e. The number of hydrogen-bond acceptors (Lipinski definition) is 3. The van der Waals surface area contributed by atoms with Crippen LogP contribution in [0.5, 0.6) is 5.75 Å². The van der Waals surface area contributed by atoms with E-state index in [4.69, 9.17) is 9.26 Å². The van der Waals surface area contributed by atoms with Gasteiger partial charge in [-0.3, -0.25) is 0 Å². The number of ether oxygens (including phenoxy) is 1. The number of nitrogens with zero attached hydrogens (tertiary/aromatic N) is 1.